The molecule has 0 saturated heterocycles. The highest BCUT2D eigenvalue weighted by molar-refractivity contribution is 7.10. The molecule has 0 aliphatic rings. The average molecular weight is 297 g/mol. The molecule has 0 bridgehead atoms. The molecule has 108 valence electrons. The first-order chi connectivity index (χ1) is 10.2. The van der Waals surface area contributed by atoms with Gasteiger partial charge in [-0.3, -0.25) is 4.98 Å². The monoisotopic (exact) mass is 297 g/mol. The van der Waals surface area contributed by atoms with Crippen LogP contribution in [0, 0.1) is 6.92 Å². The third-order valence-corrected chi connectivity index (χ3v) is 4.68. The first-order valence-electron chi connectivity index (χ1n) is 7.14. The van der Waals surface area contributed by atoms with E-state index in [-0.39, 0.29) is 0 Å². The minimum atomic E-state index is 0.324. The highest BCUT2D eigenvalue weighted by Gasteiger charge is 2.12. The summed E-state index contributed by atoms with van der Waals surface area (Å²) in [4.78, 5) is 5.71. The number of nitrogen functional groups attached to an aromatic ring is 1. The van der Waals surface area contributed by atoms with Gasteiger partial charge in [0.2, 0.25) is 0 Å². The summed E-state index contributed by atoms with van der Waals surface area (Å²) in [6.07, 6.45) is 2.90. The van der Waals surface area contributed by atoms with E-state index < -0.39 is 0 Å². The fourth-order valence-corrected chi connectivity index (χ4v) is 3.40. The van der Waals surface area contributed by atoms with E-state index in [0.29, 0.717) is 6.04 Å². The Balaban J connectivity index is 2.04. The second kappa shape index (κ2) is 5.74. The molecule has 3 nitrogen and oxygen atoms in total. The Morgan fingerprint density at radius 2 is 2.14 bits per heavy atom. The maximum atomic E-state index is 6.07. The van der Waals surface area contributed by atoms with Crippen molar-refractivity contribution in [3.05, 3.63) is 52.5 Å². The zero-order chi connectivity index (χ0) is 14.8. The smallest absolute Gasteiger partial charge is 0.0604 e. The molecule has 1 aromatic carbocycles. The average Bonchev–Trinajstić information content (AvgIpc) is 3.01. The van der Waals surface area contributed by atoms with Crippen molar-refractivity contribution in [1.29, 1.82) is 0 Å². The molecule has 0 aliphatic heterocycles. The third kappa shape index (κ3) is 2.72. The van der Waals surface area contributed by atoms with Gasteiger partial charge in [0.05, 0.1) is 6.04 Å². The summed E-state index contributed by atoms with van der Waals surface area (Å²) in [5.74, 6) is 0. The van der Waals surface area contributed by atoms with Gasteiger partial charge in [-0.15, -0.1) is 11.3 Å². The van der Waals surface area contributed by atoms with Crippen LogP contribution >= 0.6 is 11.3 Å². The predicted octanol–water partition coefficient (Wildman–Crippen LogP) is 4.75. The number of hydrogen-bond donors (Lipinski definition) is 2. The summed E-state index contributed by atoms with van der Waals surface area (Å²) in [5, 5.41) is 7.92. The molecule has 21 heavy (non-hydrogen) atoms. The van der Waals surface area contributed by atoms with Gasteiger partial charge >= 0.3 is 0 Å². The zero-order valence-corrected chi connectivity index (χ0v) is 13.1. The van der Waals surface area contributed by atoms with Crippen molar-refractivity contribution in [2.75, 3.05) is 11.1 Å². The number of thiophene rings is 1. The van der Waals surface area contributed by atoms with E-state index in [1.807, 2.05) is 19.2 Å². The van der Waals surface area contributed by atoms with Crippen LogP contribution in [0.2, 0.25) is 0 Å². The highest BCUT2D eigenvalue weighted by Crippen LogP contribution is 2.32. The number of anilines is 2. The minimum absolute atomic E-state index is 0.324. The first-order valence-corrected chi connectivity index (χ1v) is 8.01. The van der Waals surface area contributed by atoms with Crippen LogP contribution in [-0.4, -0.2) is 4.98 Å². The molecule has 0 fully saturated rings. The summed E-state index contributed by atoms with van der Waals surface area (Å²) in [7, 11) is 0. The largest absolute Gasteiger partial charge is 0.398 e. The summed E-state index contributed by atoms with van der Waals surface area (Å²) in [6.45, 7) is 4.20. The molecule has 3 aromatic rings. The van der Waals surface area contributed by atoms with Crippen LogP contribution in [0.15, 0.2) is 41.9 Å². The fourth-order valence-electron chi connectivity index (χ4n) is 2.54. The van der Waals surface area contributed by atoms with Crippen LogP contribution in [0.1, 0.15) is 30.0 Å². The Hall–Kier alpha value is -2.07. The van der Waals surface area contributed by atoms with E-state index in [2.05, 4.69) is 46.9 Å². The first kappa shape index (κ1) is 13.9. The topological polar surface area (TPSA) is 50.9 Å². The Labute approximate surface area is 128 Å². The quantitative estimate of drug-likeness (QED) is 0.683. The number of pyridine rings is 1. The van der Waals surface area contributed by atoms with Crippen LogP contribution in [0.4, 0.5) is 11.4 Å². The Kier molecular flexibility index (Phi) is 3.80. The van der Waals surface area contributed by atoms with Crippen LogP contribution in [0.25, 0.3) is 10.8 Å². The van der Waals surface area contributed by atoms with Gasteiger partial charge < -0.3 is 11.1 Å². The molecule has 0 radical (unpaired) electrons. The molecule has 2 heterocycles. The van der Waals surface area contributed by atoms with E-state index in [1.54, 1.807) is 11.3 Å². The minimum Gasteiger partial charge on any atom is -0.398 e. The van der Waals surface area contributed by atoms with E-state index in [1.165, 1.54) is 4.88 Å². The standard InChI is InChI=1S/C17H19N3S/c1-3-15(17-5-4-8-21-17)20-16-7-6-14(18)13-10-19-11(2)9-12(13)16/h4-10,15,20H,3,18H2,1-2H3. The van der Waals surface area contributed by atoms with Crippen LogP contribution in [0.3, 0.4) is 0 Å². The lowest BCUT2D eigenvalue weighted by atomic mass is 10.1. The van der Waals surface area contributed by atoms with Gasteiger partial charge in [-0.1, -0.05) is 13.0 Å². The molecule has 3 N–H and O–H groups in total. The SMILES string of the molecule is CCC(Nc1ccc(N)c2cnc(C)cc12)c1cccs1. The summed E-state index contributed by atoms with van der Waals surface area (Å²) in [6, 6.07) is 10.7. The van der Waals surface area contributed by atoms with Crippen molar-refractivity contribution >= 4 is 33.5 Å². The zero-order valence-electron chi connectivity index (χ0n) is 12.3. The van der Waals surface area contributed by atoms with Gasteiger partial charge in [0.1, 0.15) is 0 Å². The number of nitrogens with two attached hydrogens (primary N) is 1. The second-order valence-electron chi connectivity index (χ2n) is 5.19. The molecule has 1 atom stereocenters. The second-order valence-corrected chi connectivity index (χ2v) is 6.17. The number of benzene rings is 1. The van der Waals surface area contributed by atoms with Crippen LogP contribution < -0.4 is 11.1 Å². The van der Waals surface area contributed by atoms with Gasteiger partial charge in [0.15, 0.2) is 0 Å². The van der Waals surface area contributed by atoms with E-state index in [0.717, 1.165) is 34.3 Å². The number of nitrogens with zero attached hydrogens (tertiary/aromatic N) is 1. The lowest BCUT2D eigenvalue weighted by Gasteiger charge is -2.19. The lowest BCUT2D eigenvalue weighted by Crippen LogP contribution is -2.08. The van der Waals surface area contributed by atoms with Crippen molar-refractivity contribution < 1.29 is 0 Å². The summed E-state index contributed by atoms with van der Waals surface area (Å²) >= 11 is 1.79. The maximum absolute atomic E-state index is 6.07. The molecule has 0 saturated carbocycles. The molecule has 0 amide bonds. The van der Waals surface area contributed by atoms with Gasteiger partial charge in [0.25, 0.3) is 0 Å². The molecule has 2 aromatic heterocycles. The molecular formula is C17H19N3S. The number of aromatic nitrogens is 1. The molecule has 4 heteroatoms. The third-order valence-electron chi connectivity index (χ3n) is 3.70. The maximum Gasteiger partial charge on any atom is 0.0604 e. The van der Waals surface area contributed by atoms with Crippen LogP contribution in [-0.2, 0) is 0 Å². The Bertz CT molecular complexity index is 750. The van der Waals surface area contributed by atoms with Crippen molar-refractivity contribution in [1.82, 2.24) is 4.98 Å². The Morgan fingerprint density at radius 1 is 1.29 bits per heavy atom. The highest BCUT2D eigenvalue weighted by atomic mass is 32.1. The molecule has 0 spiro atoms. The number of rotatable bonds is 4. The predicted molar refractivity (Wildman–Crippen MR) is 91.9 cm³/mol. The van der Waals surface area contributed by atoms with Crippen molar-refractivity contribution in [3.8, 4) is 0 Å². The van der Waals surface area contributed by atoms with Crippen molar-refractivity contribution in [2.24, 2.45) is 0 Å². The van der Waals surface area contributed by atoms with Crippen LogP contribution in [0.5, 0.6) is 0 Å². The van der Waals surface area contributed by atoms with E-state index in [4.69, 9.17) is 5.73 Å². The summed E-state index contributed by atoms with van der Waals surface area (Å²) < 4.78 is 0. The molecule has 1 unspecified atom stereocenters. The molecule has 3 rings (SSSR count). The van der Waals surface area contributed by atoms with E-state index in [9.17, 15) is 0 Å². The van der Waals surface area contributed by atoms with Crippen molar-refractivity contribution in [3.63, 3.8) is 0 Å². The normalized spacial score (nSPS) is 12.5. The van der Waals surface area contributed by atoms with E-state index >= 15 is 0 Å². The number of hydrogen-bond acceptors (Lipinski definition) is 4. The molecule has 0 aliphatic carbocycles. The molecular weight excluding hydrogens is 278 g/mol. The van der Waals surface area contributed by atoms with Crippen molar-refractivity contribution in [2.45, 2.75) is 26.3 Å². The Morgan fingerprint density at radius 3 is 2.86 bits per heavy atom. The fraction of sp³-hybridized carbons (Fsp3) is 0.235. The van der Waals surface area contributed by atoms with Gasteiger partial charge in [-0.05, 0) is 43.0 Å². The summed E-state index contributed by atoms with van der Waals surface area (Å²) in [5.41, 5.74) is 8.95. The lowest BCUT2D eigenvalue weighted by molar-refractivity contribution is 0.765. The number of fused-ring (bicyclic) bond motifs is 1. The van der Waals surface area contributed by atoms with Gasteiger partial charge in [-0.2, -0.15) is 0 Å². The van der Waals surface area contributed by atoms with Gasteiger partial charge in [-0.25, -0.2) is 0 Å². The van der Waals surface area contributed by atoms with Gasteiger partial charge in [0, 0.05) is 38.9 Å². The number of aryl methyl sites for hydroxylation is 1. The number of nitrogens with one attached hydrogen (secondary N) is 1.